The summed E-state index contributed by atoms with van der Waals surface area (Å²) >= 11 is 1.81. The molecule has 4 rings (SSSR count). The summed E-state index contributed by atoms with van der Waals surface area (Å²) in [7, 11) is 3.26. The number of allylic oxidation sites excluding steroid dienone is 1. The fraction of sp³-hybridized carbons (Fsp3) is 0.333. The first-order chi connectivity index (χ1) is 13.2. The van der Waals surface area contributed by atoms with Gasteiger partial charge in [-0.3, -0.25) is 0 Å². The van der Waals surface area contributed by atoms with Crippen molar-refractivity contribution in [1.29, 1.82) is 0 Å². The van der Waals surface area contributed by atoms with Crippen LogP contribution >= 0.6 is 11.3 Å². The number of nitrogens with zero attached hydrogens (tertiary/aromatic N) is 2. The van der Waals surface area contributed by atoms with Crippen LogP contribution in [-0.4, -0.2) is 24.2 Å². The van der Waals surface area contributed by atoms with E-state index < -0.39 is 0 Å². The van der Waals surface area contributed by atoms with Gasteiger partial charge in [0, 0.05) is 21.2 Å². The van der Waals surface area contributed by atoms with Crippen LogP contribution in [0.2, 0.25) is 0 Å². The van der Waals surface area contributed by atoms with Crippen molar-refractivity contribution in [2.45, 2.75) is 26.3 Å². The highest BCUT2D eigenvalue weighted by molar-refractivity contribution is 7.12. The van der Waals surface area contributed by atoms with Gasteiger partial charge in [-0.15, -0.1) is 11.3 Å². The van der Waals surface area contributed by atoms with Crippen LogP contribution in [0, 0.1) is 12.8 Å². The van der Waals surface area contributed by atoms with Crippen molar-refractivity contribution in [1.82, 2.24) is 9.97 Å². The zero-order valence-electron chi connectivity index (χ0n) is 15.8. The van der Waals surface area contributed by atoms with Gasteiger partial charge in [-0.1, -0.05) is 6.08 Å². The molecule has 27 heavy (non-hydrogen) atoms. The lowest BCUT2D eigenvalue weighted by molar-refractivity contribution is 0.356. The topological polar surface area (TPSA) is 56.3 Å². The monoisotopic (exact) mass is 381 g/mol. The van der Waals surface area contributed by atoms with E-state index in [-0.39, 0.29) is 0 Å². The molecule has 0 bridgehead atoms. The molecule has 1 aliphatic carbocycles. The van der Waals surface area contributed by atoms with Gasteiger partial charge in [0.15, 0.2) is 11.5 Å². The lowest BCUT2D eigenvalue weighted by Crippen LogP contribution is -2.04. The molecule has 3 aromatic rings. The normalized spacial score (nSPS) is 14.0. The van der Waals surface area contributed by atoms with E-state index in [9.17, 15) is 0 Å². The number of hydrogen-bond donors (Lipinski definition) is 1. The summed E-state index contributed by atoms with van der Waals surface area (Å²) in [5.41, 5.74) is 0.835. The van der Waals surface area contributed by atoms with Crippen LogP contribution in [-0.2, 0) is 6.54 Å². The van der Waals surface area contributed by atoms with Crippen molar-refractivity contribution in [2.24, 2.45) is 5.92 Å². The van der Waals surface area contributed by atoms with Gasteiger partial charge in [-0.05, 0) is 50.0 Å². The summed E-state index contributed by atoms with van der Waals surface area (Å²) in [6, 6.07) is 8.16. The molecule has 1 aliphatic rings. The Morgan fingerprint density at radius 1 is 1.15 bits per heavy atom. The molecule has 1 N–H and O–H groups in total. The third kappa shape index (κ3) is 4.06. The van der Waals surface area contributed by atoms with E-state index in [0.717, 1.165) is 35.0 Å². The highest BCUT2D eigenvalue weighted by atomic mass is 32.1. The summed E-state index contributed by atoms with van der Waals surface area (Å²) < 4.78 is 10.8. The second kappa shape index (κ2) is 7.56. The van der Waals surface area contributed by atoms with Crippen molar-refractivity contribution < 1.29 is 9.47 Å². The molecule has 0 aliphatic heterocycles. The number of benzene rings is 1. The number of aryl methyl sites for hydroxylation is 1. The van der Waals surface area contributed by atoms with Gasteiger partial charge in [0.2, 0.25) is 0 Å². The number of fused-ring (bicyclic) bond motifs is 1. The quantitative estimate of drug-likeness (QED) is 0.620. The summed E-state index contributed by atoms with van der Waals surface area (Å²) in [6.45, 7) is 2.62. The second-order valence-electron chi connectivity index (χ2n) is 6.70. The number of methoxy groups -OCH3 is 2. The van der Waals surface area contributed by atoms with E-state index in [1.165, 1.54) is 22.6 Å². The van der Waals surface area contributed by atoms with Crippen LogP contribution in [0.3, 0.4) is 0 Å². The predicted molar refractivity (Wildman–Crippen MR) is 111 cm³/mol. The van der Waals surface area contributed by atoms with E-state index in [1.807, 2.05) is 30.4 Å². The molecular weight excluding hydrogens is 358 g/mol. The molecule has 1 aromatic carbocycles. The molecule has 0 saturated heterocycles. The minimum absolute atomic E-state index is 0.666. The van der Waals surface area contributed by atoms with E-state index in [4.69, 9.17) is 9.47 Å². The van der Waals surface area contributed by atoms with E-state index >= 15 is 0 Å². The maximum atomic E-state index is 5.43. The van der Waals surface area contributed by atoms with Crippen molar-refractivity contribution >= 4 is 34.1 Å². The Balaban J connectivity index is 1.57. The van der Waals surface area contributed by atoms with Crippen LogP contribution in [0.1, 0.15) is 28.4 Å². The molecule has 2 aromatic heterocycles. The Bertz CT molecular complexity index is 993. The van der Waals surface area contributed by atoms with Gasteiger partial charge in [0.1, 0.15) is 11.6 Å². The van der Waals surface area contributed by atoms with Crippen molar-refractivity contribution in [3.05, 3.63) is 45.9 Å². The van der Waals surface area contributed by atoms with E-state index in [0.29, 0.717) is 11.5 Å². The van der Waals surface area contributed by atoms with Gasteiger partial charge in [-0.2, -0.15) is 0 Å². The summed E-state index contributed by atoms with van der Waals surface area (Å²) in [6.07, 6.45) is 7.24. The Hall–Kier alpha value is -2.60. The van der Waals surface area contributed by atoms with Crippen molar-refractivity contribution in [2.75, 3.05) is 19.5 Å². The number of nitrogens with one attached hydrogen (secondary N) is 1. The molecule has 1 fully saturated rings. The minimum atomic E-state index is 0.666. The number of thiophene rings is 1. The van der Waals surface area contributed by atoms with E-state index in [2.05, 4.69) is 39.6 Å². The second-order valence-corrected chi connectivity index (χ2v) is 7.90. The zero-order valence-corrected chi connectivity index (χ0v) is 16.6. The third-order valence-corrected chi connectivity index (χ3v) is 5.63. The SMILES string of the molecule is COc1cc2nc(C)nc(NCc3ccc(/C=C/C4CC4)s3)c2cc1OC. The summed E-state index contributed by atoms with van der Waals surface area (Å²) in [5.74, 6) is 3.66. The number of ether oxygens (including phenoxy) is 2. The molecule has 0 spiro atoms. The van der Waals surface area contributed by atoms with Crippen LogP contribution in [0.4, 0.5) is 5.82 Å². The first-order valence-corrected chi connectivity index (χ1v) is 9.89. The molecule has 1 saturated carbocycles. The molecule has 140 valence electrons. The largest absolute Gasteiger partial charge is 0.493 e. The minimum Gasteiger partial charge on any atom is -0.493 e. The zero-order chi connectivity index (χ0) is 18.8. The fourth-order valence-electron chi connectivity index (χ4n) is 2.98. The summed E-state index contributed by atoms with van der Waals surface area (Å²) in [4.78, 5) is 11.7. The molecular formula is C21H23N3O2S. The molecule has 0 unspecified atom stereocenters. The lowest BCUT2D eigenvalue weighted by Gasteiger charge is -2.12. The molecule has 0 radical (unpaired) electrons. The van der Waals surface area contributed by atoms with Gasteiger partial charge in [0.05, 0.1) is 26.3 Å². The predicted octanol–water partition coefficient (Wildman–Crippen LogP) is 5.05. The van der Waals surface area contributed by atoms with Crippen molar-refractivity contribution in [3.8, 4) is 11.5 Å². The first-order valence-electron chi connectivity index (χ1n) is 9.07. The number of aromatic nitrogens is 2. The number of rotatable bonds is 7. The Labute approximate surface area is 163 Å². The maximum Gasteiger partial charge on any atom is 0.162 e. The Morgan fingerprint density at radius 2 is 1.93 bits per heavy atom. The highest BCUT2D eigenvalue weighted by Crippen LogP contribution is 2.34. The van der Waals surface area contributed by atoms with Crippen LogP contribution < -0.4 is 14.8 Å². The Morgan fingerprint density at radius 3 is 2.67 bits per heavy atom. The van der Waals surface area contributed by atoms with Gasteiger partial charge >= 0.3 is 0 Å². The van der Waals surface area contributed by atoms with Gasteiger partial charge in [-0.25, -0.2) is 9.97 Å². The molecule has 5 nitrogen and oxygen atoms in total. The Kier molecular flexibility index (Phi) is 4.99. The standard InChI is InChI=1S/C21H23N3O2S/c1-13-23-18-11-20(26-3)19(25-2)10-17(18)21(24-13)22-12-16-9-8-15(27-16)7-6-14-4-5-14/h6-11,14H,4-5,12H2,1-3H3,(H,22,23,24)/b7-6+. The molecule has 0 atom stereocenters. The highest BCUT2D eigenvalue weighted by Gasteiger charge is 2.17. The fourth-order valence-corrected chi connectivity index (χ4v) is 3.84. The van der Waals surface area contributed by atoms with Crippen LogP contribution in [0.15, 0.2) is 30.3 Å². The molecule has 2 heterocycles. The molecule has 0 amide bonds. The van der Waals surface area contributed by atoms with E-state index in [1.54, 1.807) is 14.2 Å². The van der Waals surface area contributed by atoms with Crippen LogP contribution in [0.5, 0.6) is 11.5 Å². The van der Waals surface area contributed by atoms with Gasteiger partial charge < -0.3 is 14.8 Å². The van der Waals surface area contributed by atoms with Crippen LogP contribution in [0.25, 0.3) is 17.0 Å². The summed E-state index contributed by atoms with van der Waals surface area (Å²) in [5, 5.41) is 4.38. The van der Waals surface area contributed by atoms with Crippen molar-refractivity contribution in [3.63, 3.8) is 0 Å². The lowest BCUT2D eigenvalue weighted by atomic mass is 10.2. The number of hydrogen-bond acceptors (Lipinski definition) is 6. The third-order valence-electron chi connectivity index (χ3n) is 4.58. The average molecular weight is 382 g/mol. The molecule has 6 heteroatoms. The smallest absolute Gasteiger partial charge is 0.162 e. The van der Waals surface area contributed by atoms with Gasteiger partial charge in [0.25, 0.3) is 0 Å². The average Bonchev–Trinajstić information content (AvgIpc) is 3.40. The first kappa shape index (κ1) is 17.8. The number of anilines is 1. The maximum absolute atomic E-state index is 5.43.